The molecule has 33 heavy (non-hydrogen) atoms. The van der Waals surface area contributed by atoms with Crippen molar-refractivity contribution < 1.29 is 14.6 Å². The summed E-state index contributed by atoms with van der Waals surface area (Å²) in [4.78, 5) is 14.2. The third-order valence-electron chi connectivity index (χ3n) is 8.70. The minimum absolute atomic E-state index is 0.163. The van der Waals surface area contributed by atoms with Crippen molar-refractivity contribution in [2.75, 3.05) is 0 Å². The summed E-state index contributed by atoms with van der Waals surface area (Å²) in [5.41, 5.74) is 1.32. The maximum atomic E-state index is 11.6. The van der Waals surface area contributed by atoms with E-state index in [0.29, 0.717) is 18.2 Å². The number of carboxylic acids is 1. The van der Waals surface area contributed by atoms with Gasteiger partial charge in [0.25, 0.3) is 0 Å². The van der Waals surface area contributed by atoms with Crippen LogP contribution in [0.5, 0.6) is 5.75 Å². The quantitative estimate of drug-likeness (QED) is 0.536. The Morgan fingerprint density at radius 2 is 1.76 bits per heavy atom. The van der Waals surface area contributed by atoms with E-state index < -0.39 is 5.97 Å². The second-order valence-electron chi connectivity index (χ2n) is 11.1. The van der Waals surface area contributed by atoms with Crippen molar-refractivity contribution in [3.05, 3.63) is 42.0 Å². The SMILES string of the molecule is CC(C)C1CCC(Oc2cccc3cc(CN4C5CCCC4CC(C(=O)O)C5)ccc23)CC1. The van der Waals surface area contributed by atoms with Crippen LogP contribution in [-0.2, 0) is 11.3 Å². The van der Waals surface area contributed by atoms with Gasteiger partial charge in [-0.3, -0.25) is 9.69 Å². The molecule has 2 saturated heterocycles. The highest BCUT2D eigenvalue weighted by molar-refractivity contribution is 5.88. The Kier molecular flexibility index (Phi) is 6.65. The number of piperidine rings is 2. The third-order valence-corrected chi connectivity index (χ3v) is 8.70. The molecule has 2 aromatic carbocycles. The van der Waals surface area contributed by atoms with Crippen LogP contribution in [0.3, 0.4) is 0 Å². The van der Waals surface area contributed by atoms with Crippen LogP contribution < -0.4 is 4.74 Å². The molecular formula is C29H39NO3. The lowest BCUT2D eigenvalue weighted by Gasteiger charge is -2.48. The molecule has 1 N–H and O–H groups in total. The summed E-state index contributed by atoms with van der Waals surface area (Å²) in [7, 11) is 0. The number of nitrogens with zero attached hydrogens (tertiary/aromatic N) is 1. The maximum absolute atomic E-state index is 11.6. The van der Waals surface area contributed by atoms with Crippen LogP contribution in [0.25, 0.3) is 10.8 Å². The average Bonchev–Trinajstić information content (AvgIpc) is 2.79. The Balaban J connectivity index is 1.28. The summed E-state index contributed by atoms with van der Waals surface area (Å²) in [5.74, 6) is 1.87. The zero-order chi connectivity index (χ0) is 22.9. The van der Waals surface area contributed by atoms with Gasteiger partial charge in [-0.05, 0) is 86.3 Å². The van der Waals surface area contributed by atoms with Gasteiger partial charge in [-0.2, -0.15) is 0 Å². The summed E-state index contributed by atoms with van der Waals surface area (Å²) in [6.45, 7) is 5.60. The lowest BCUT2D eigenvalue weighted by atomic mass is 9.78. The predicted octanol–water partition coefficient (Wildman–Crippen LogP) is 6.65. The fraction of sp³-hybridized carbons (Fsp3) is 0.621. The zero-order valence-corrected chi connectivity index (χ0v) is 20.2. The summed E-state index contributed by atoms with van der Waals surface area (Å²) < 4.78 is 6.52. The number of carbonyl (C=O) groups is 1. The Bertz CT molecular complexity index is 964. The van der Waals surface area contributed by atoms with E-state index in [1.807, 2.05) is 0 Å². The zero-order valence-electron chi connectivity index (χ0n) is 20.2. The average molecular weight is 450 g/mol. The van der Waals surface area contributed by atoms with Gasteiger partial charge >= 0.3 is 5.97 Å². The largest absolute Gasteiger partial charge is 0.490 e. The standard InChI is InChI=1S/C29H39NO3/c1-19(2)21-10-12-26(13-11-21)33-28-8-3-5-22-15-20(9-14-27(22)28)18-30-24-6-4-7-25(30)17-23(16-24)29(31)32/h3,5,8-9,14-15,19,21,23-26H,4,6-7,10-13,16-18H2,1-2H3,(H,31,32). The number of benzene rings is 2. The van der Waals surface area contributed by atoms with Crippen LogP contribution in [0, 0.1) is 17.8 Å². The van der Waals surface area contributed by atoms with E-state index in [0.717, 1.165) is 62.7 Å². The first-order valence-electron chi connectivity index (χ1n) is 13.1. The van der Waals surface area contributed by atoms with Crippen molar-refractivity contribution in [2.45, 2.75) is 96.4 Å². The summed E-state index contributed by atoms with van der Waals surface area (Å²) in [6.07, 6.45) is 10.3. The number of hydrogen-bond donors (Lipinski definition) is 1. The first-order chi connectivity index (χ1) is 16.0. The van der Waals surface area contributed by atoms with E-state index in [1.165, 1.54) is 35.6 Å². The molecule has 0 aromatic heterocycles. The van der Waals surface area contributed by atoms with Gasteiger partial charge in [0, 0.05) is 24.0 Å². The lowest BCUT2D eigenvalue weighted by Crippen LogP contribution is -2.52. The van der Waals surface area contributed by atoms with Gasteiger partial charge in [0.05, 0.1) is 12.0 Å². The van der Waals surface area contributed by atoms with Crippen molar-refractivity contribution >= 4 is 16.7 Å². The fourth-order valence-corrected chi connectivity index (χ4v) is 6.71. The molecule has 0 amide bonds. The third kappa shape index (κ3) is 4.91. The number of hydrogen-bond acceptors (Lipinski definition) is 3. The molecule has 2 unspecified atom stereocenters. The lowest BCUT2D eigenvalue weighted by molar-refractivity contribution is -0.146. The molecule has 0 spiro atoms. The molecule has 4 nitrogen and oxygen atoms in total. The van der Waals surface area contributed by atoms with Gasteiger partial charge in [-0.15, -0.1) is 0 Å². The molecule has 178 valence electrons. The van der Waals surface area contributed by atoms with E-state index in [9.17, 15) is 9.90 Å². The van der Waals surface area contributed by atoms with E-state index in [2.05, 4.69) is 55.1 Å². The molecule has 4 heteroatoms. The summed E-state index contributed by atoms with van der Waals surface area (Å²) in [5, 5.41) is 12.0. The number of ether oxygens (including phenoxy) is 1. The number of carboxylic acid groups (broad SMARTS) is 1. The molecule has 0 radical (unpaired) electrons. The highest BCUT2D eigenvalue weighted by Crippen LogP contribution is 2.39. The highest BCUT2D eigenvalue weighted by atomic mass is 16.5. The minimum atomic E-state index is -0.609. The Labute approximate surface area is 198 Å². The van der Waals surface area contributed by atoms with Crippen molar-refractivity contribution in [2.24, 2.45) is 17.8 Å². The van der Waals surface area contributed by atoms with E-state index in [1.54, 1.807) is 0 Å². The number of aliphatic carboxylic acids is 1. The van der Waals surface area contributed by atoms with Gasteiger partial charge < -0.3 is 9.84 Å². The van der Waals surface area contributed by atoms with Crippen LogP contribution in [0.15, 0.2) is 36.4 Å². The minimum Gasteiger partial charge on any atom is -0.490 e. The van der Waals surface area contributed by atoms with Crippen LogP contribution in [0.4, 0.5) is 0 Å². The first kappa shape index (κ1) is 22.7. The van der Waals surface area contributed by atoms with Crippen molar-refractivity contribution in [1.29, 1.82) is 0 Å². The molecule has 2 bridgehead atoms. The molecule has 2 aromatic rings. The molecule has 2 atom stereocenters. The molecule has 1 aliphatic carbocycles. The molecule has 5 rings (SSSR count). The van der Waals surface area contributed by atoms with Crippen LogP contribution in [-0.4, -0.2) is 34.2 Å². The van der Waals surface area contributed by atoms with Crippen molar-refractivity contribution in [1.82, 2.24) is 4.90 Å². The molecule has 2 heterocycles. The van der Waals surface area contributed by atoms with Crippen molar-refractivity contribution in [3.63, 3.8) is 0 Å². The van der Waals surface area contributed by atoms with E-state index in [4.69, 9.17) is 4.74 Å². The smallest absolute Gasteiger partial charge is 0.306 e. The van der Waals surface area contributed by atoms with Gasteiger partial charge in [-0.1, -0.05) is 44.5 Å². The number of fused-ring (bicyclic) bond motifs is 3. The van der Waals surface area contributed by atoms with Crippen LogP contribution in [0.1, 0.15) is 77.2 Å². The van der Waals surface area contributed by atoms with Crippen LogP contribution in [0.2, 0.25) is 0 Å². The van der Waals surface area contributed by atoms with Gasteiger partial charge in [0.1, 0.15) is 5.75 Å². The Morgan fingerprint density at radius 3 is 2.42 bits per heavy atom. The molecule has 1 saturated carbocycles. The molecule has 3 fully saturated rings. The summed E-state index contributed by atoms with van der Waals surface area (Å²) >= 11 is 0. The highest BCUT2D eigenvalue weighted by Gasteiger charge is 2.40. The Hall–Kier alpha value is -2.07. The fourth-order valence-electron chi connectivity index (χ4n) is 6.71. The maximum Gasteiger partial charge on any atom is 0.306 e. The summed E-state index contributed by atoms with van der Waals surface area (Å²) in [6, 6.07) is 14.1. The van der Waals surface area contributed by atoms with Gasteiger partial charge in [0.2, 0.25) is 0 Å². The van der Waals surface area contributed by atoms with Gasteiger partial charge in [0.15, 0.2) is 0 Å². The molecule has 3 aliphatic rings. The second-order valence-corrected chi connectivity index (χ2v) is 11.1. The predicted molar refractivity (Wildman–Crippen MR) is 132 cm³/mol. The Morgan fingerprint density at radius 1 is 1.03 bits per heavy atom. The van der Waals surface area contributed by atoms with Crippen molar-refractivity contribution in [3.8, 4) is 5.75 Å². The normalized spacial score (nSPS) is 30.5. The van der Waals surface area contributed by atoms with Gasteiger partial charge in [-0.25, -0.2) is 0 Å². The second kappa shape index (κ2) is 9.66. The monoisotopic (exact) mass is 449 g/mol. The van der Waals surface area contributed by atoms with E-state index in [-0.39, 0.29) is 5.92 Å². The molecular weight excluding hydrogens is 410 g/mol. The topological polar surface area (TPSA) is 49.8 Å². The first-order valence-corrected chi connectivity index (χ1v) is 13.1. The van der Waals surface area contributed by atoms with Crippen LogP contribution >= 0.6 is 0 Å². The number of rotatable bonds is 6. The van der Waals surface area contributed by atoms with E-state index >= 15 is 0 Å². The molecule has 2 aliphatic heterocycles.